The Kier molecular flexibility index (Phi) is 6.07. The normalized spacial score (nSPS) is 16.3. The molecule has 276 valence electrons. The second-order valence-corrected chi connectivity index (χ2v) is 15.9. The Hall–Kier alpha value is -7.76. The van der Waals surface area contributed by atoms with Gasteiger partial charge < -0.3 is 22.7 Å². The van der Waals surface area contributed by atoms with Crippen LogP contribution in [-0.4, -0.2) is 15.2 Å². The minimum Gasteiger partial charge on any atom is -0.481 e. The first-order valence-corrected chi connectivity index (χ1v) is 20.2. The zero-order chi connectivity index (χ0) is 38.3. The van der Waals surface area contributed by atoms with Crippen LogP contribution in [0.3, 0.4) is 0 Å². The van der Waals surface area contributed by atoms with E-state index >= 15 is 0 Å². The van der Waals surface area contributed by atoms with Crippen LogP contribution in [0.4, 0.5) is 0 Å². The van der Waals surface area contributed by atoms with Gasteiger partial charge in [-0.1, -0.05) is 97.1 Å². The third kappa shape index (κ3) is 4.23. The first-order chi connectivity index (χ1) is 29.2. The summed E-state index contributed by atoms with van der Waals surface area (Å²) in [4.78, 5) is 0. The monoisotopic (exact) mass is 756 g/mol. The second-order valence-electron chi connectivity index (χ2n) is 15.9. The SMILES string of the molecule is C1=CC2Oc3c(c(-c4ccc5oc6ccccc6c5c4)cc4c3oc3ccc(-n5c6ccccc6c6ccccc65)cc34)C2C=C1n1c2ccccc2c2ccccc21. The molecule has 0 amide bonds. The lowest BCUT2D eigenvalue weighted by molar-refractivity contribution is 0.269. The molecule has 2 unspecified atom stereocenters. The van der Waals surface area contributed by atoms with Gasteiger partial charge in [-0.15, -0.1) is 0 Å². The fourth-order valence-electron chi connectivity index (χ4n) is 10.3. The van der Waals surface area contributed by atoms with Gasteiger partial charge in [0, 0.05) is 66.0 Å². The molecule has 59 heavy (non-hydrogen) atoms. The van der Waals surface area contributed by atoms with Crippen LogP contribution in [0.25, 0.3) is 110 Å². The Balaban J connectivity index is 1.03. The van der Waals surface area contributed by atoms with Gasteiger partial charge >= 0.3 is 0 Å². The van der Waals surface area contributed by atoms with Crippen molar-refractivity contribution in [1.29, 1.82) is 0 Å². The Morgan fingerprint density at radius 1 is 0.441 bits per heavy atom. The molecule has 0 saturated carbocycles. The van der Waals surface area contributed by atoms with Gasteiger partial charge in [-0.2, -0.15) is 0 Å². The molecule has 5 heterocycles. The van der Waals surface area contributed by atoms with Crippen molar-refractivity contribution in [3.8, 4) is 22.6 Å². The molecule has 1 aliphatic carbocycles. The lowest BCUT2D eigenvalue weighted by atomic mass is 9.84. The van der Waals surface area contributed by atoms with Crippen molar-refractivity contribution < 1.29 is 13.6 Å². The summed E-state index contributed by atoms with van der Waals surface area (Å²) in [5.74, 6) is 0.756. The number of nitrogens with zero attached hydrogens (tertiary/aromatic N) is 2. The van der Waals surface area contributed by atoms with E-state index in [2.05, 4.69) is 179 Å². The summed E-state index contributed by atoms with van der Waals surface area (Å²) in [5.41, 5.74) is 13.7. The summed E-state index contributed by atoms with van der Waals surface area (Å²) in [7, 11) is 0. The minimum atomic E-state index is -0.189. The molecule has 0 bridgehead atoms. The van der Waals surface area contributed by atoms with E-state index in [1.54, 1.807) is 0 Å². The standard InChI is InChI=1S/C54H32N2O3/c1-6-16-44-34(11-1)35-12-2-7-17-45(35)55(44)32-22-25-50-41(28-32)42-30-39(31-21-24-49-40(27-31)38-15-5-10-20-48(38)57-49)52-43-29-33(23-26-51(43)59-54(52)53(42)58-50)56-46-18-8-3-13-36(46)37-14-4-9-19-47(37)56/h1-30,43,51H. The quantitative estimate of drug-likeness (QED) is 0.180. The number of rotatable bonds is 3. The Labute approximate surface area is 336 Å². The minimum absolute atomic E-state index is 0.0532. The van der Waals surface area contributed by atoms with Gasteiger partial charge in [0.25, 0.3) is 0 Å². The van der Waals surface area contributed by atoms with Crippen molar-refractivity contribution in [2.24, 2.45) is 0 Å². The van der Waals surface area contributed by atoms with Crippen LogP contribution in [0.1, 0.15) is 11.5 Å². The predicted octanol–water partition coefficient (Wildman–Crippen LogP) is 14.3. The fourth-order valence-corrected chi connectivity index (χ4v) is 10.3. The van der Waals surface area contributed by atoms with E-state index in [0.717, 1.165) is 77.7 Å². The van der Waals surface area contributed by atoms with Crippen molar-refractivity contribution in [3.05, 3.63) is 188 Å². The Bertz CT molecular complexity index is 3740. The third-order valence-corrected chi connectivity index (χ3v) is 12.9. The zero-order valence-electron chi connectivity index (χ0n) is 31.6. The molecule has 0 fully saturated rings. The van der Waals surface area contributed by atoms with Gasteiger partial charge in [0.05, 0.1) is 22.1 Å². The Morgan fingerprint density at radius 3 is 1.69 bits per heavy atom. The van der Waals surface area contributed by atoms with Crippen LogP contribution in [0, 0.1) is 0 Å². The molecule has 0 radical (unpaired) electrons. The van der Waals surface area contributed by atoms with Crippen LogP contribution in [0.2, 0.25) is 0 Å². The second kappa shape index (κ2) is 11.4. The number of fused-ring (bicyclic) bond motifs is 16. The van der Waals surface area contributed by atoms with E-state index in [-0.39, 0.29) is 12.0 Å². The van der Waals surface area contributed by atoms with Gasteiger partial charge in [-0.3, -0.25) is 0 Å². The molecule has 5 heteroatoms. The summed E-state index contributed by atoms with van der Waals surface area (Å²) < 4.78 is 25.0. The molecule has 2 atom stereocenters. The molecule has 14 rings (SSSR count). The molecule has 1 aliphatic heterocycles. The molecule has 5 nitrogen and oxygen atoms in total. The van der Waals surface area contributed by atoms with Crippen LogP contribution in [0.5, 0.6) is 5.75 Å². The highest BCUT2D eigenvalue weighted by molar-refractivity contribution is 6.14. The zero-order valence-corrected chi connectivity index (χ0v) is 31.6. The molecule has 12 aromatic rings. The van der Waals surface area contributed by atoms with E-state index in [0.29, 0.717) is 0 Å². The molecule has 4 aromatic heterocycles. The van der Waals surface area contributed by atoms with E-state index in [4.69, 9.17) is 13.6 Å². The van der Waals surface area contributed by atoms with Gasteiger partial charge in [0.2, 0.25) is 0 Å². The molecule has 2 aliphatic rings. The highest BCUT2D eigenvalue weighted by Gasteiger charge is 2.39. The summed E-state index contributed by atoms with van der Waals surface area (Å²) in [6.45, 7) is 0. The van der Waals surface area contributed by atoms with Gasteiger partial charge in [-0.25, -0.2) is 0 Å². The highest BCUT2D eigenvalue weighted by Crippen LogP contribution is 2.54. The van der Waals surface area contributed by atoms with Crippen LogP contribution < -0.4 is 4.74 Å². The van der Waals surface area contributed by atoms with E-state index < -0.39 is 0 Å². The maximum atomic E-state index is 7.06. The lowest BCUT2D eigenvalue weighted by Crippen LogP contribution is -2.18. The van der Waals surface area contributed by atoms with E-state index in [1.165, 1.54) is 43.6 Å². The fraction of sp³-hybridized carbons (Fsp3) is 0.0370. The summed E-state index contributed by atoms with van der Waals surface area (Å²) in [5, 5.41) is 9.24. The van der Waals surface area contributed by atoms with Crippen molar-refractivity contribution in [1.82, 2.24) is 9.13 Å². The maximum absolute atomic E-state index is 7.06. The van der Waals surface area contributed by atoms with Gasteiger partial charge in [0.15, 0.2) is 11.3 Å². The average molecular weight is 757 g/mol. The van der Waals surface area contributed by atoms with Crippen LogP contribution in [0.15, 0.2) is 191 Å². The number of hydrogen-bond acceptors (Lipinski definition) is 3. The number of ether oxygens (including phenoxy) is 1. The van der Waals surface area contributed by atoms with Crippen molar-refractivity contribution in [2.45, 2.75) is 12.0 Å². The molecular formula is C54H32N2O3. The lowest BCUT2D eigenvalue weighted by Gasteiger charge is -2.21. The topological polar surface area (TPSA) is 45.4 Å². The van der Waals surface area contributed by atoms with Crippen LogP contribution in [-0.2, 0) is 0 Å². The third-order valence-electron chi connectivity index (χ3n) is 12.9. The number of hydrogen-bond donors (Lipinski definition) is 0. The smallest absolute Gasteiger partial charge is 0.177 e. The Morgan fingerprint density at radius 2 is 1.00 bits per heavy atom. The highest BCUT2D eigenvalue weighted by atomic mass is 16.5. The van der Waals surface area contributed by atoms with Crippen molar-refractivity contribution >= 4 is 93.2 Å². The van der Waals surface area contributed by atoms with Crippen LogP contribution >= 0.6 is 0 Å². The number of allylic oxidation sites excluding steroid dienone is 2. The summed E-state index contributed by atoms with van der Waals surface area (Å²) in [6, 6.07) is 58.5. The van der Waals surface area contributed by atoms with E-state index in [1.807, 2.05) is 12.1 Å². The number of para-hydroxylation sites is 5. The average Bonchev–Trinajstić information content (AvgIpc) is 4.10. The molecular weight excluding hydrogens is 725 g/mol. The largest absolute Gasteiger partial charge is 0.481 e. The number of aromatic nitrogens is 2. The number of benzene rings is 8. The number of furan rings is 2. The molecule has 0 saturated heterocycles. The molecule has 8 aromatic carbocycles. The van der Waals surface area contributed by atoms with Crippen molar-refractivity contribution in [3.63, 3.8) is 0 Å². The molecule has 0 N–H and O–H groups in total. The first kappa shape index (κ1) is 31.3. The van der Waals surface area contributed by atoms with Gasteiger partial charge in [-0.05, 0) is 96.1 Å². The predicted molar refractivity (Wildman–Crippen MR) is 241 cm³/mol. The first-order valence-electron chi connectivity index (χ1n) is 20.2. The van der Waals surface area contributed by atoms with E-state index in [9.17, 15) is 0 Å². The summed E-state index contributed by atoms with van der Waals surface area (Å²) in [6.07, 6.45) is 6.67. The van der Waals surface area contributed by atoms with Gasteiger partial charge in [0.1, 0.15) is 22.9 Å². The maximum Gasteiger partial charge on any atom is 0.177 e. The molecule has 0 spiro atoms. The van der Waals surface area contributed by atoms with Crippen molar-refractivity contribution in [2.75, 3.05) is 0 Å². The summed E-state index contributed by atoms with van der Waals surface area (Å²) >= 11 is 0.